The maximum absolute atomic E-state index is 5.82. The summed E-state index contributed by atoms with van der Waals surface area (Å²) in [6.45, 7) is 4.59. The van der Waals surface area contributed by atoms with Gasteiger partial charge in [0.1, 0.15) is 0 Å². The summed E-state index contributed by atoms with van der Waals surface area (Å²) < 4.78 is 5.82. The Labute approximate surface area is 124 Å². The van der Waals surface area contributed by atoms with Gasteiger partial charge in [0.15, 0.2) is 0 Å². The zero-order valence-corrected chi connectivity index (χ0v) is 12.7. The van der Waals surface area contributed by atoms with Gasteiger partial charge < -0.3 is 10.1 Å². The van der Waals surface area contributed by atoms with Crippen molar-refractivity contribution in [3.63, 3.8) is 0 Å². The highest BCUT2D eigenvalue weighted by Crippen LogP contribution is 2.25. The van der Waals surface area contributed by atoms with Gasteiger partial charge in [-0.15, -0.1) is 11.3 Å². The molecule has 1 N–H and O–H groups in total. The molecule has 1 aromatic heterocycles. The molecule has 0 amide bonds. The largest absolute Gasteiger partial charge is 0.372 e. The molecule has 0 spiro atoms. The van der Waals surface area contributed by atoms with Crippen LogP contribution < -0.4 is 5.32 Å². The molecule has 0 bridgehead atoms. The van der Waals surface area contributed by atoms with Crippen LogP contribution in [0.1, 0.15) is 33.7 Å². The van der Waals surface area contributed by atoms with Crippen molar-refractivity contribution >= 4 is 11.3 Å². The van der Waals surface area contributed by atoms with Crippen molar-refractivity contribution < 1.29 is 4.74 Å². The summed E-state index contributed by atoms with van der Waals surface area (Å²) in [7, 11) is 0. The van der Waals surface area contributed by atoms with Crippen molar-refractivity contribution in [2.45, 2.75) is 45.6 Å². The second kappa shape index (κ2) is 6.53. The molecule has 0 aliphatic heterocycles. The topological polar surface area (TPSA) is 21.3 Å². The molecule has 1 aliphatic carbocycles. The van der Waals surface area contributed by atoms with Crippen LogP contribution in [0.15, 0.2) is 36.4 Å². The van der Waals surface area contributed by atoms with E-state index >= 15 is 0 Å². The van der Waals surface area contributed by atoms with Crippen LogP contribution in [0.3, 0.4) is 0 Å². The molecule has 3 rings (SSSR count). The number of thiophene rings is 1. The molecule has 0 atom stereocenters. The lowest BCUT2D eigenvalue weighted by Crippen LogP contribution is -2.14. The van der Waals surface area contributed by atoms with Gasteiger partial charge in [-0.3, -0.25) is 0 Å². The quantitative estimate of drug-likeness (QED) is 0.830. The monoisotopic (exact) mass is 287 g/mol. The van der Waals surface area contributed by atoms with Gasteiger partial charge in [-0.1, -0.05) is 30.3 Å². The fourth-order valence-electron chi connectivity index (χ4n) is 2.20. The second-order valence-electron chi connectivity index (χ2n) is 5.43. The normalized spacial score (nSPS) is 14.7. The molecule has 3 heteroatoms. The van der Waals surface area contributed by atoms with Gasteiger partial charge in [-0.2, -0.15) is 0 Å². The van der Waals surface area contributed by atoms with Gasteiger partial charge in [0.2, 0.25) is 0 Å². The van der Waals surface area contributed by atoms with Crippen LogP contribution in [0, 0.1) is 6.92 Å². The summed E-state index contributed by atoms with van der Waals surface area (Å²) in [5, 5.41) is 3.56. The highest BCUT2D eigenvalue weighted by atomic mass is 32.1. The van der Waals surface area contributed by atoms with Gasteiger partial charge >= 0.3 is 0 Å². The van der Waals surface area contributed by atoms with Crippen molar-refractivity contribution in [1.29, 1.82) is 0 Å². The Hall–Kier alpha value is -1.16. The van der Waals surface area contributed by atoms with E-state index < -0.39 is 0 Å². The zero-order valence-electron chi connectivity index (χ0n) is 11.9. The van der Waals surface area contributed by atoms with Crippen molar-refractivity contribution in [3.8, 4) is 0 Å². The first-order valence-electron chi connectivity index (χ1n) is 7.24. The average molecular weight is 287 g/mol. The number of hydrogen-bond donors (Lipinski definition) is 1. The Morgan fingerprint density at radius 3 is 2.75 bits per heavy atom. The molecule has 1 aliphatic rings. The van der Waals surface area contributed by atoms with Gasteiger partial charge in [-0.25, -0.2) is 0 Å². The van der Waals surface area contributed by atoms with Gasteiger partial charge in [0.05, 0.1) is 13.2 Å². The highest BCUT2D eigenvalue weighted by Gasteiger charge is 2.20. The molecule has 1 heterocycles. The minimum absolute atomic E-state index is 0.686. The number of ether oxygens (including phenoxy) is 1. The minimum Gasteiger partial charge on any atom is -0.372 e. The van der Waals surface area contributed by atoms with Crippen LogP contribution in [0.25, 0.3) is 0 Å². The summed E-state index contributed by atoms with van der Waals surface area (Å²) >= 11 is 1.89. The Kier molecular flexibility index (Phi) is 4.51. The zero-order chi connectivity index (χ0) is 13.8. The fourth-order valence-corrected chi connectivity index (χ4v) is 3.20. The SMILES string of the molecule is Cc1sc(CNC2CC2)cc1COCc1ccccc1. The number of benzene rings is 1. The van der Waals surface area contributed by atoms with E-state index in [1.165, 1.54) is 33.7 Å². The summed E-state index contributed by atoms with van der Waals surface area (Å²) in [5.74, 6) is 0. The molecule has 2 nitrogen and oxygen atoms in total. The van der Waals surface area contributed by atoms with E-state index in [0.717, 1.165) is 12.6 Å². The third-order valence-corrected chi connectivity index (χ3v) is 4.68. The lowest BCUT2D eigenvalue weighted by atomic mass is 10.2. The van der Waals surface area contributed by atoms with Gasteiger partial charge in [-0.05, 0) is 37.0 Å². The van der Waals surface area contributed by atoms with E-state index in [2.05, 4.69) is 42.6 Å². The molecule has 1 aromatic carbocycles. The van der Waals surface area contributed by atoms with Crippen LogP contribution in [0.4, 0.5) is 0 Å². The van der Waals surface area contributed by atoms with Crippen LogP contribution in [-0.2, 0) is 24.5 Å². The number of rotatable bonds is 7. The van der Waals surface area contributed by atoms with E-state index in [-0.39, 0.29) is 0 Å². The van der Waals surface area contributed by atoms with Crippen LogP contribution in [-0.4, -0.2) is 6.04 Å². The molecule has 20 heavy (non-hydrogen) atoms. The van der Waals surface area contributed by atoms with Crippen molar-refractivity contribution in [2.24, 2.45) is 0 Å². The number of aryl methyl sites for hydroxylation is 1. The van der Waals surface area contributed by atoms with Crippen LogP contribution in [0.2, 0.25) is 0 Å². The predicted octanol–water partition coefficient (Wildman–Crippen LogP) is 4.03. The smallest absolute Gasteiger partial charge is 0.0732 e. The fraction of sp³-hybridized carbons (Fsp3) is 0.412. The van der Waals surface area contributed by atoms with Crippen molar-refractivity contribution in [3.05, 3.63) is 57.3 Å². The molecular weight excluding hydrogens is 266 g/mol. The Morgan fingerprint density at radius 1 is 1.20 bits per heavy atom. The molecule has 0 unspecified atom stereocenters. The Bertz CT molecular complexity index is 545. The lowest BCUT2D eigenvalue weighted by molar-refractivity contribution is 0.107. The van der Waals surface area contributed by atoms with Gasteiger partial charge in [0.25, 0.3) is 0 Å². The molecule has 1 saturated carbocycles. The first-order valence-corrected chi connectivity index (χ1v) is 8.06. The summed E-state index contributed by atoms with van der Waals surface area (Å²) in [5.41, 5.74) is 2.56. The summed E-state index contributed by atoms with van der Waals surface area (Å²) in [6, 6.07) is 13.4. The molecule has 2 aromatic rings. The number of nitrogens with one attached hydrogen (secondary N) is 1. The second-order valence-corrected chi connectivity index (χ2v) is 6.77. The van der Waals surface area contributed by atoms with Gasteiger partial charge in [0, 0.05) is 22.3 Å². The minimum atomic E-state index is 0.686. The molecule has 106 valence electrons. The standard InChI is InChI=1S/C17H21NOS/c1-13-15(9-17(20-13)10-18-16-7-8-16)12-19-11-14-5-3-2-4-6-14/h2-6,9,16,18H,7-8,10-12H2,1H3. The van der Waals surface area contributed by atoms with Crippen molar-refractivity contribution in [2.75, 3.05) is 0 Å². The van der Waals surface area contributed by atoms with E-state index in [4.69, 9.17) is 4.74 Å². The summed E-state index contributed by atoms with van der Waals surface area (Å²) in [4.78, 5) is 2.80. The Balaban J connectivity index is 1.49. The lowest BCUT2D eigenvalue weighted by Gasteiger charge is -2.03. The van der Waals surface area contributed by atoms with E-state index in [0.29, 0.717) is 13.2 Å². The highest BCUT2D eigenvalue weighted by molar-refractivity contribution is 7.12. The van der Waals surface area contributed by atoms with E-state index in [1.807, 2.05) is 17.4 Å². The third kappa shape index (κ3) is 3.92. The molecule has 0 radical (unpaired) electrons. The summed E-state index contributed by atoms with van der Waals surface area (Å²) in [6.07, 6.45) is 2.69. The van der Waals surface area contributed by atoms with Crippen LogP contribution in [0.5, 0.6) is 0 Å². The van der Waals surface area contributed by atoms with Crippen LogP contribution >= 0.6 is 11.3 Å². The maximum Gasteiger partial charge on any atom is 0.0732 e. The number of hydrogen-bond acceptors (Lipinski definition) is 3. The van der Waals surface area contributed by atoms with E-state index in [9.17, 15) is 0 Å². The Morgan fingerprint density at radius 2 is 2.00 bits per heavy atom. The first-order chi connectivity index (χ1) is 9.81. The first kappa shape index (κ1) is 13.8. The average Bonchev–Trinajstić information content (AvgIpc) is 3.23. The third-order valence-electron chi connectivity index (χ3n) is 3.58. The molecular formula is C17H21NOS. The maximum atomic E-state index is 5.82. The van der Waals surface area contributed by atoms with E-state index in [1.54, 1.807) is 0 Å². The molecule has 0 saturated heterocycles. The van der Waals surface area contributed by atoms with Crippen molar-refractivity contribution in [1.82, 2.24) is 5.32 Å². The predicted molar refractivity (Wildman–Crippen MR) is 83.9 cm³/mol. The molecule has 1 fully saturated rings.